The van der Waals surface area contributed by atoms with Crippen molar-refractivity contribution in [3.63, 3.8) is 0 Å². The fourth-order valence-corrected chi connectivity index (χ4v) is 4.13. The number of likely N-dealkylation sites (tertiary alicyclic amines) is 1. The van der Waals surface area contributed by atoms with E-state index in [1.54, 1.807) is 11.0 Å². The van der Waals surface area contributed by atoms with Gasteiger partial charge in [0.25, 0.3) is 5.91 Å². The van der Waals surface area contributed by atoms with E-state index in [-0.39, 0.29) is 11.8 Å². The minimum atomic E-state index is -0.179. The molecule has 4 rings (SSSR count). The summed E-state index contributed by atoms with van der Waals surface area (Å²) in [6, 6.07) is 15.3. The second-order valence-electron chi connectivity index (χ2n) is 7.64. The first-order valence-electron chi connectivity index (χ1n) is 9.57. The van der Waals surface area contributed by atoms with Gasteiger partial charge in [0, 0.05) is 12.5 Å². The molecule has 5 heteroatoms. The van der Waals surface area contributed by atoms with Gasteiger partial charge >= 0.3 is 0 Å². The molecule has 0 unspecified atom stereocenters. The molecule has 0 saturated carbocycles. The Morgan fingerprint density at radius 3 is 2.59 bits per heavy atom. The zero-order valence-electron chi connectivity index (χ0n) is 15.8. The molecule has 27 heavy (non-hydrogen) atoms. The van der Waals surface area contributed by atoms with E-state index in [0.717, 1.165) is 25.1 Å². The molecule has 2 aromatic rings. The van der Waals surface area contributed by atoms with Gasteiger partial charge in [-0.05, 0) is 63.5 Å². The van der Waals surface area contributed by atoms with Crippen LogP contribution in [0.2, 0.25) is 0 Å². The van der Waals surface area contributed by atoms with Crippen LogP contribution < -0.4 is 10.2 Å². The molecule has 1 N–H and O–H groups in total. The Labute approximate surface area is 160 Å². The molecule has 0 radical (unpaired) electrons. The minimum Gasteiger partial charge on any atom is -0.320 e. The molecular weight excluding hydrogens is 338 g/mol. The molecule has 0 aliphatic carbocycles. The van der Waals surface area contributed by atoms with E-state index >= 15 is 0 Å². The molecule has 5 nitrogen and oxygen atoms in total. The first-order chi connectivity index (χ1) is 13.0. The lowest BCUT2D eigenvalue weighted by atomic mass is 9.89. The minimum absolute atomic E-state index is 0.0492. The lowest BCUT2D eigenvalue weighted by Crippen LogP contribution is -2.39. The Balaban J connectivity index is 1.70. The Morgan fingerprint density at radius 1 is 1.11 bits per heavy atom. The number of piperidine rings is 1. The standard InChI is InChI=1S/C22H25N3O2/c1-15-13-16(11-12-24(15)2)14-21(26)25-19-9-5-3-7-17(19)22(27)23-18-8-4-6-10-20(18)25/h3-10,15-16H,11-14H2,1-2H3,(H,23,27)/t15-,16-/m1/s1. The van der Waals surface area contributed by atoms with Gasteiger partial charge in [0.05, 0.1) is 22.6 Å². The van der Waals surface area contributed by atoms with Crippen LogP contribution in [-0.4, -0.2) is 36.3 Å². The van der Waals surface area contributed by atoms with Gasteiger partial charge in [-0.25, -0.2) is 0 Å². The normalized spacial score (nSPS) is 22.4. The SMILES string of the molecule is C[C@@H]1C[C@H](CC(=O)N2c3ccccc3NC(=O)c3ccccc32)CCN1C. The van der Waals surface area contributed by atoms with E-state index in [0.29, 0.717) is 35.3 Å². The summed E-state index contributed by atoms with van der Waals surface area (Å²) in [6.45, 7) is 3.24. The molecule has 2 heterocycles. The number of benzene rings is 2. The molecule has 0 aromatic heterocycles. The molecular formula is C22H25N3O2. The van der Waals surface area contributed by atoms with Crippen molar-refractivity contribution < 1.29 is 9.59 Å². The zero-order valence-corrected chi connectivity index (χ0v) is 15.8. The van der Waals surface area contributed by atoms with Crippen LogP contribution in [0.5, 0.6) is 0 Å². The Kier molecular flexibility index (Phi) is 4.70. The molecule has 2 aromatic carbocycles. The van der Waals surface area contributed by atoms with Crippen molar-refractivity contribution in [2.24, 2.45) is 5.92 Å². The quantitative estimate of drug-likeness (QED) is 0.876. The molecule has 0 bridgehead atoms. The molecule has 2 aliphatic heterocycles. The highest BCUT2D eigenvalue weighted by Crippen LogP contribution is 2.39. The second kappa shape index (κ2) is 7.16. The highest BCUT2D eigenvalue weighted by atomic mass is 16.2. The molecule has 2 amide bonds. The van der Waals surface area contributed by atoms with E-state index in [2.05, 4.69) is 24.2 Å². The van der Waals surface area contributed by atoms with Crippen molar-refractivity contribution in [2.45, 2.75) is 32.2 Å². The van der Waals surface area contributed by atoms with Crippen LogP contribution >= 0.6 is 0 Å². The molecule has 2 aliphatic rings. The van der Waals surface area contributed by atoms with Crippen LogP contribution in [0.25, 0.3) is 0 Å². The number of amides is 2. The Morgan fingerprint density at radius 2 is 1.81 bits per heavy atom. The third kappa shape index (κ3) is 3.35. The monoisotopic (exact) mass is 363 g/mol. The predicted octanol–water partition coefficient (Wildman–Crippen LogP) is 4.04. The smallest absolute Gasteiger partial charge is 0.257 e. The summed E-state index contributed by atoms with van der Waals surface area (Å²) in [7, 11) is 2.14. The summed E-state index contributed by atoms with van der Waals surface area (Å²) in [4.78, 5) is 30.1. The highest BCUT2D eigenvalue weighted by Gasteiger charge is 2.32. The number of nitrogens with one attached hydrogen (secondary N) is 1. The zero-order chi connectivity index (χ0) is 19.0. The van der Waals surface area contributed by atoms with Gasteiger partial charge in [0.2, 0.25) is 5.91 Å². The summed E-state index contributed by atoms with van der Waals surface area (Å²) in [5.74, 6) is 0.240. The van der Waals surface area contributed by atoms with Crippen molar-refractivity contribution in [2.75, 3.05) is 23.8 Å². The third-order valence-corrected chi connectivity index (χ3v) is 5.81. The maximum Gasteiger partial charge on any atom is 0.257 e. The van der Waals surface area contributed by atoms with Crippen LogP contribution in [-0.2, 0) is 4.79 Å². The van der Waals surface area contributed by atoms with E-state index in [4.69, 9.17) is 0 Å². The van der Waals surface area contributed by atoms with Crippen LogP contribution in [0.4, 0.5) is 17.1 Å². The topological polar surface area (TPSA) is 52.7 Å². The summed E-state index contributed by atoms with van der Waals surface area (Å²) >= 11 is 0. The van der Waals surface area contributed by atoms with Crippen LogP contribution in [0.1, 0.15) is 36.5 Å². The van der Waals surface area contributed by atoms with Gasteiger partial charge in [-0.1, -0.05) is 24.3 Å². The fraction of sp³-hybridized carbons (Fsp3) is 0.364. The Bertz CT molecular complexity index is 879. The molecule has 2 atom stereocenters. The summed E-state index contributed by atoms with van der Waals surface area (Å²) < 4.78 is 0. The molecule has 1 fully saturated rings. The fourth-order valence-electron chi connectivity index (χ4n) is 4.13. The summed E-state index contributed by atoms with van der Waals surface area (Å²) in [6.07, 6.45) is 2.55. The van der Waals surface area contributed by atoms with Crippen molar-refractivity contribution in [1.82, 2.24) is 4.90 Å². The number of nitrogens with zero attached hydrogens (tertiary/aromatic N) is 2. The van der Waals surface area contributed by atoms with Crippen molar-refractivity contribution in [3.8, 4) is 0 Å². The van der Waals surface area contributed by atoms with E-state index in [9.17, 15) is 9.59 Å². The lowest BCUT2D eigenvalue weighted by molar-refractivity contribution is -0.119. The van der Waals surface area contributed by atoms with Gasteiger partial charge in [-0.2, -0.15) is 0 Å². The average molecular weight is 363 g/mol. The van der Waals surface area contributed by atoms with E-state index in [1.807, 2.05) is 42.5 Å². The number of fused-ring (bicyclic) bond motifs is 2. The van der Waals surface area contributed by atoms with Crippen LogP contribution in [0, 0.1) is 5.92 Å². The number of carbonyl (C=O) groups excluding carboxylic acids is 2. The van der Waals surface area contributed by atoms with Gasteiger partial charge in [0.1, 0.15) is 0 Å². The van der Waals surface area contributed by atoms with E-state index in [1.165, 1.54) is 0 Å². The predicted molar refractivity (Wildman–Crippen MR) is 107 cm³/mol. The maximum absolute atomic E-state index is 13.4. The number of para-hydroxylation sites is 3. The summed E-state index contributed by atoms with van der Waals surface area (Å²) in [5.41, 5.74) is 2.59. The van der Waals surface area contributed by atoms with Gasteiger partial charge in [-0.15, -0.1) is 0 Å². The first-order valence-corrected chi connectivity index (χ1v) is 9.57. The van der Waals surface area contributed by atoms with Crippen molar-refractivity contribution >= 4 is 28.9 Å². The van der Waals surface area contributed by atoms with Crippen LogP contribution in [0.3, 0.4) is 0 Å². The molecule has 0 spiro atoms. The summed E-state index contributed by atoms with van der Waals surface area (Å²) in [5, 5.41) is 2.94. The van der Waals surface area contributed by atoms with E-state index < -0.39 is 0 Å². The number of hydrogen-bond donors (Lipinski definition) is 1. The first kappa shape index (κ1) is 17.7. The maximum atomic E-state index is 13.4. The Hall–Kier alpha value is -2.66. The number of rotatable bonds is 2. The van der Waals surface area contributed by atoms with Gasteiger partial charge < -0.3 is 10.2 Å². The van der Waals surface area contributed by atoms with Crippen molar-refractivity contribution in [1.29, 1.82) is 0 Å². The number of hydrogen-bond acceptors (Lipinski definition) is 3. The van der Waals surface area contributed by atoms with Gasteiger partial charge in [0.15, 0.2) is 0 Å². The largest absolute Gasteiger partial charge is 0.320 e. The van der Waals surface area contributed by atoms with Crippen LogP contribution in [0.15, 0.2) is 48.5 Å². The third-order valence-electron chi connectivity index (χ3n) is 5.81. The highest BCUT2D eigenvalue weighted by molar-refractivity contribution is 6.17. The second-order valence-corrected chi connectivity index (χ2v) is 7.64. The molecule has 1 saturated heterocycles. The van der Waals surface area contributed by atoms with Gasteiger partial charge in [-0.3, -0.25) is 14.5 Å². The average Bonchev–Trinajstić information content (AvgIpc) is 2.79. The number of carbonyl (C=O) groups is 2. The lowest BCUT2D eigenvalue weighted by Gasteiger charge is -2.35. The molecule has 140 valence electrons. The number of anilines is 3. The van der Waals surface area contributed by atoms with Crippen molar-refractivity contribution in [3.05, 3.63) is 54.1 Å².